The fraction of sp³-hybridized carbons (Fsp3) is 0.217. The van der Waals surface area contributed by atoms with Crippen molar-refractivity contribution in [1.82, 2.24) is 14.7 Å². The molecule has 0 unspecified atom stereocenters. The maximum atomic E-state index is 12.8. The molecule has 1 aromatic heterocycles. The van der Waals surface area contributed by atoms with Crippen LogP contribution < -0.4 is 25.7 Å². The Balaban J connectivity index is 1.27. The highest BCUT2D eigenvalue weighted by molar-refractivity contribution is 6.31. The molecule has 2 N–H and O–H groups in total. The molecule has 2 amide bonds. The van der Waals surface area contributed by atoms with Gasteiger partial charge in [0.15, 0.2) is 18.1 Å². The topological polar surface area (TPSA) is 125 Å². The number of aromatic nitrogens is 2. The first-order valence-corrected chi connectivity index (χ1v) is 10.4. The number of carbonyl (C=O) groups excluding carboxylic acids is 2. The molecule has 0 saturated heterocycles. The number of anilines is 1. The van der Waals surface area contributed by atoms with E-state index in [0.29, 0.717) is 22.9 Å². The summed E-state index contributed by atoms with van der Waals surface area (Å²) in [5.74, 6) is 0.213. The third-order valence-corrected chi connectivity index (χ3v) is 5.17. The van der Waals surface area contributed by atoms with Crippen molar-refractivity contribution in [3.63, 3.8) is 0 Å². The lowest BCUT2D eigenvalue weighted by molar-refractivity contribution is -0.126. The smallest absolute Gasteiger partial charge is 0.295 e. The molecule has 0 atom stereocenters. The van der Waals surface area contributed by atoms with Crippen LogP contribution in [0.25, 0.3) is 5.69 Å². The number of carbonyl (C=O) groups is 2. The molecular weight excluding hydrogens is 442 g/mol. The predicted molar refractivity (Wildman–Crippen MR) is 123 cm³/mol. The van der Waals surface area contributed by atoms with Crippen LogP contribution in [0.2, 0.25) is 0 Å². The van der Waals surface area contributed by atoms with Crippen LogP contribution in [0.1, 0.15) is 11.3 Å². The lowest BCUT2D eigenvalue weighted by atomic mass is 10.2. The average Bonchev–Trinajstić information content (AvgIpc) is 3.39. The number of hydrogen-bond acceptors (Lipinski definition) is 7. The number of hydrogen-bond donors (Lipinski definition) is 2. The van der Waals surface area contributed by atoms with E-state index in [1.807, 2.05) is 24.3 Å². The van der Waals surface area contributed by atoms with E-state index in [-0.39, 0.29) is 31.2 Å². The Morgan fingerprint density at radius 1 is 1.15 bits per heavy atom. The van der Waals surface area contributed by atoms with Crippen LogP contribution in [0, 0.1) is 6.92 Å². The van der Waals surface area contributed by atoms with Crippen LogP contribution in [0.15, 0.2) is 58.5 Å². The zero-order chi connectivity index (χ0) is 24.1. The van der Waals surface area contributed by atoms with Gasteiger partial charge in [-0.3, -0.25) is 19.1 Å². The second kappa shape index (κ2) is 9.94. The lowest BCUT2D eigenvalue weighted by Crippen LogP contribution is -2.26. The summed E-state index contributed by atoms with van der Waals surface area (Å²) in [7, 11) is 1.72. The van der Waals surface area contributed by atoms with Gasteiger partial charge in [0.2, 0.25) is 6.79 Å². The predicted octanol–water partition coefficient (Wildman–Crippen LogP) is 1.47. The van der Waals surface area contributed by atoms with Gasteiger partial charge in [0.05, 0.1) is 11.4 Å². The molecule has 4 rings (SSSR count). The van der Waals surface area contributed by atoms with Crippen molar-refractivity contribution in [3.05, 3.63) is 70.1 Å². The van der Waals surface area contributed by atoms with Gasteiger partial charge in [-0.1, -0.05) is 29.4 Å². The van der Waals surface area contributed by atoms with Gasteiger partial charge >= 0.3 is 0 Å². The van der Waals surface area contributed by atoms with Gasteiger partial charge in [0.1, 0.15) is 11.9 Å². The highest BCUT2D eigenvalue weighted by Gasteiger charge is 2.17. The number of fused-ring (bicyclic) bond motifs is 1. The molecule has 0 bridgehead atoms. The van der Waals surface area contributed by atoms with Gasteiger partial charge in [-0.2, -0.15) is 0 Å². The summed E-state index contributed by atoms with van der Waals surface area (Å²) in [6.07, 6.45) is 0.865. The van der Waals surface area contributed by atoms with Crippen molar-refractivity contribution in [2.75, 3.05) is 18.7 Å². The Bertz CT molecular complexity index is 1300. The molecule has 2 aromatic carbocycles. The number of benzene rings is 2. The zero-order valence-corrected chi connectivity index (χ0v) is 18.6. The minimum absolute atomic E-state index is 0.129. The summed E-state index contributed by atoms with van der Waals surface area (Å²) < 4.78 is 13.6. The number of ether oxygens (including phenoxy) is 2. The second-order valence-corrected chi connectivity index (χ2v) is 7.40. The average molecular weight is 465 g/mol. The van der Waals surface area contributed by atoms with Crippen molar-refractivity contribution in [3.8, 4) is 17.2 Å². The van der Waals surface area contributed by atoms with Crippen molar-refractivity contribution in [2.45, 2.75) is 13.5 Å². The normalized spacial score (nSPS) is 12.1. The maximum absolute atomic E-state index is 12.8. The molecule has 0 radical (unpaired) electrons. The van der Waals surface area contributed by atoms with Crippen LogP contribution in [-0.2, 0) is 28.0 Å². The minimum atomic E-state index is -0.660. The molecule has 2 heterocycles. The molecule has 34 heavy (non-hydrogen) atoms. The molecule has 0 spiro atoms. The van der Waals surface area contributed by atoms with Gasteiger partial charge in [0.25, 0.3) is 17.4 Å². The van der Waals surface area contributed by atoms with Gasteiger partial charge < -0.3 is 24.9 Å². The van der Waals surface area contributed by atoms with Crippen LogP contribution in [0.3, 0.4) is 0 Å². The quantitative estimate of drug-likeness (QED) is 0.383. The third kappa shape index (κ3) is 4.93. The second-order valence-electron chi connectivity index (χ2n) is 7.40. The number of rotatable bonds is 8. The number of oxime groups is 1. The summed E-state index contributed by atoms with van der Waals surface area (Å²) in [6, 6.07) is 14.4. The maximum Gasteiger partial charge on any atom is 0.295 e. The van der Waals surface area contributed by atoms with Gasteiger partial charge in [-0.25, -0.2) is 4.68 Å². The molecule has 11 nitrogen and oxygen atoms in total. The Hall–Kier alpha value is -4.54. The van der Waals surface area contributed by atoms with Crippen molar-refractivity contribution < 1.29 is 23.9 Å². The monoisotopic (exact) mass is 465 g/mol. The molecule has 1 aliphatic rings. The summed E-state index contributed by atoms with van der Waals surface area (Å²) in [4.78, 5) is 41.8. The highest BCUT2D eigenvalue weighted by atomic mass is 16.7. The fourth-order valence-electron chi connectivity index (χ4n) is 3.35. The van der Waals surface area contributed by atoms with Crippen molar-refractivity contribution >= 4 is 23.7 Å². The van der Waals surface area contributed by atoms with Crippen molar-refractivity contribution in [2.24, 2.45) is 12.2 Å². The number of nitrogens with zero attached hydrogens (tertiary/aromatic N) is 3. The Morgan fingerprint density at radius 3 is 2.71 bits per heavy atom. The third-order valence-electron chi connectivity index (χ3n) is 5.17. The van der Waals surface area contributed by atoms with E-state index in [4.69, 9.17) is 14.3 Å². The number of nitrogens with one attached hydrogen (secondary N) is 2. The summed E-state index contributed by atoms with van der Waals surface area (Å²) >= 11 is 0. The van der Waals surface area contributed by atoms with Gasteiger partial charge in [-0.15, -0.1) is 0 Å². The molecular formula is C23H23N5O6. The first-order chi connectivity index (χ1) is 16.4. The highest BCUT2D eigenvalue weighted by Crippen LogP contribution is 2.32. The molecule has 0 fully saturated rings. The minimum Gasteiger partial charge on any atom is -0.454 e. The van der Waals surface area contributed by atoms with E-state index >= 15 is 0 Å². The Labute approximate surface area is 194 Å². The fourth-order valence-corrected chi connectivity index (χ4v) is 3.35. The molecule has 0 aliphatic carbocycles. The Morgan fingerprint density at radius 2 is 1.91 bits per heavy atom. The van der Waals surface area contributed by atoms with Crippen LogP contribution in [-0.4, -0.2) is 40.8 Å². The molecule has 3 aromatic rings. The van der Waals surface area contributed by atoms with E-state index < -0.39 is 11.8 Å². The molecule has 1 aliphatic heterocycles. The summed E-state index contributed by atoms with van der Waals surface area (Å²) in [6.45, 7) is 1.79. The largest absolute Gasteiger partial charge is 0.454 e. The van der Waals surface area contributed by atoms with E-state index in [1.54, 1.807) is 42.9 Å². The van der Waals surface area contributed by atoms with E-state index in [2.05, 4.69) is 15.8 Å². The first kappa shape index (κ1) is 22.6. The van der Waals surface area contributed by atoms with Crippen LogP contribution in [0.4, 0.5) is 5.69 Å². The first-order valence-electron chi connectivity index (χ1n) is 10.4. The van der Waals surface area contributed by atoms with E-state index in [0.717, 1.165) is 11.8 Å². The number of amides is 2. The van der Waals surface area contributed by atoms with E-state index in [1.165, 1.54) is 4.68 Å². The van der Waals surface area contributed by atoms with Crippen molar-refractivity contribution in [1.29, 1.82) is 0 Å². The summed E-state index contributed by atoms with van der Waals surface area (Å²) in [5, 5.41) is 8.70. The molecule has 11 heteroatoms. The molecule has 0 saturated carbocycles. The van der Waals surface area contributed by atoms with Gasteiger partial charge in [-0.05, 0) is 36.8 Å². The lowest BCUT2D eigenvalue weighted by Gasteiger charge is -2.07. The van der Waals surface area contributed by atoms with E-state index in [9.17, 15) is 14.4 Å². The SMILES string of the molecule is Cc1c(NC(=O)C=NOCC(=O)NCc2ccc3c(c2)OCO3)c(=O)n(-c2ccccc2)n1C. The molecule has 176 valence electrons. The standard InChI is InChI=1S/C23H23N5O6/c1-15-22(23(31)28(27(15)2)17-6-4-3-5-7-17)26-20(29)12-25-34-13-21(30)24-11-16-8-9-18-19(10-16)33-14-32-18/h3-10,12H,11,13-14H2,1-2H3,(H,24,30)(H,26,29). The summed E-state index contributed by atoms with van der Waals surface area (Å²) in [5.41, 5.74) is 1.82. The Kier molecular flexibility index (Phi) is 6.62. The van der Waals surface area contributed by atoms with Crippen LogP contribution >= 0.6 is 0 Å². The zero-order valence-electron chi connectivity index (χ0n) is 18.6. The van der Waals surface area contributed by atoms with Gasteiger partial charge in [0, 0.05) is 13.6 Å². The van der Waals surface area contributed by atoms with Crippen LogP contribution in [0.5, 0.6) is 11.5 Å². The number of para-hydroxylation sites is 1.